The summed E-state index contributed by atoms with van der Waals surface area (Å²) in [6.07, 6.45) is 0.736. The second-order valence-electron chi connectivity index (χ2n) is 4.69. The number of thioether (sulfide) groups is 1. The molecule has 2 aromatic carbocycles. The van der Waals surface area contributed by atoms with Gasteiger partial charge in [0, 0.05) is 17.5 Å². The number of rotatable bonds is 7. The summed E-state index contributed by atoms with van der Waals surface area (Å²) in [5, 5.41) is 13.1. The van der Waals surface area contributed by atoms with E-state index in [-0.39, 0.29) is 11.3 Å². The van der Waals surface area contributed by atoms with Crippen LogP contribution in [0.15, 0.2) is 53.4 Å². The molecule has 5 nitrogen and oxygen atoms in total. The van der Waals surface area contributed by atoms with Crippen molar-refractivity contribution in [1.82, 2.24) is 5.32 Å². The maximum absolute atomic E-state index is 13.7. The molecule has 0 saturated heterocycles. The summed E-state index contributed by atoms with van der Waals surface area (Å²) in [5.41, 5.74) is -0.565. The Morgan fingerprint density at radius 2 is 1.96 bits per heavy atom. The molecule has 0 saturated carbocycles. The van der Waals surface area contributed by atoms with Gasteiger partial charge in [0.2, 0.25) is 0 Å². The van der Waals surface area contributed by atoms with Gasteiger partial charge in [-0.25, -0.2) is 4.39 Å². The summed E-state index contributed by atoms with van der Waals surface area (Å²) in [5.74, 6) is -0.634. The van der Waals surface area contributed by atoms with E-state index in [1.54, 1.807) is 11.8 Å². The first-order valence-electron chi connectivity index (χ1n) is 6.98. The van der Waals surface area contributed by atoms with Crippen LogP contribution < -0.4 is 5.32 Å². The molecule has 0 spiro atoms. The first kappa shape index (κ1) is 17.0. The van der Waals surface area contributed by atoms with Gasteiger partial charge < -0.3 is 5.32 Å². The number of non-ortho nitro benzene ring substituents is 1. The number of nitro benzene ring substituents is 1. The summed E-state index contributed by atoms with van der Waals surface area (Å²) in [6, 6.07) is 12.9. The van der Waals surface area contributed by atoms with E-state index < -0.39 is 16.6 Å². The largest absolute Gasteiger partial charge is 0.352 e. The molecule has 2 rings (SSSR count). The molecule has 1 amide bonds. The molecular formula is C16H15FN2O3S. The fraction of sp³-hybridized carbons (Fsp3) is 0.188. The Kier molecular flexibility index (Phi) is 6.10. The maximum atomic E-state index is 13.7. The van der Waals surface area contributed by atoms with Crippen molar-refractivity contribution in [3.8, 4) is 0 Å². The fourth-order valence-corrected chi connectivity index (χ4v) is 2.75. The van der Waals surface area contributed by atoms with Gasteiger partial charge in [-0.1, -0.05) is 18.2 Å². The van der Waals surface area contributed by atoms with Crippen LogP contribution in [-0.2, 0) is 0 Å². The minimum absolute atomic E-state index is 0.189. The van der Waals surface area contributed by atoms with Crippen molar-refractivity contribution >= 4 is 23.4 Å². The van der Waals surface area contributed by atoms with E-state index in [2.05, 4.69) is 5.32 Å². The van der Waals surface area contributed by atoms with Crippen LogP contribution in [0.4, 0.5) is 10.1 Å². The van der Waals surface area contributed by atoms with Crippen LogP contribution in [-0.4, -0.2) is 23.1 Å². The zero-order valence-corrected chi connectivity index (χ0v) is 13.0. The standard InChI is InChI=1S/C16H15FN2O3S/c17-15-11-12(19(21)22)7-8-14(15)16(20)18-9-4-10-23-13-5-2-1-3-6-13/h1-3,5-8,11H,4,9-10H2,(H,18,20). The second-order valence-corrected chi connectivity index (χ2v) is 5.86. The average molecular weight is 334 g/mol. The van der Waals surface area contributed by atoms with Crippen molar-refractivity contribution in [3.05, 3.63) is 70.0 Å². The van der Waals surface area contributed by atoms with Crippen LogP contribution in [0.3, 0.4) is 0 Å². The Hall–Kier alpha value is -2.41. The lowest BCUT2D eigenvalue weighted by Gasteiger charge is -2.06. The van der Waals surface area contributed by atoms with Crippen LogP contribution >= 0.6 is 11.8 Å². The molecule has 0 aliphatic rings. The van der Waals surface area contributed by atoms with Gasteiger partial charge in [-0.3, -0.25) is 14.9 Å². The van der Waals surface area contributed by atoms with Crippen molar-refractivity contribution in [1.29, 1.82) is 0 Å². The lowest BCUT2D eigenvalue weighted by Crippen LogP contribution is -2.25. The number of hydrogen-bond acceptors (Lipinski definition) is 4. The molecule has 0 heterocycles. The average Bonchev–Trinajstić information content (AvgIpc) is 2.55. The van der Waals surface area contributed by atoms with Crippen molar-refractivity contribution in [2.45, 2.75) is 11.3 Å². The predicted molar refractivity (Wildman–Crippen MR) is 87.2 cm³/mol. The Morgan fingerprint density at radius 3 is 2.61 bits per heavy atom. The smallest absolute Gasteiger partial charge is 0.272 e. The molecule has 23 heavy (non-hydrogen) atoms. The summed E-state index contributed by atoms with van der Waals surface area (Å²) in [4.78, 5) is 22.8. The maximum Gasteiger partial charge on any atom is 0.272 e. The lowest BCUT2D eigenvalue weighted by molar-refractivity contribution is -0.385. The van der Waals surface area contributed by atoms with Gasteiger partial charge in [0.15, 0.2) is 0 Å². The lowest BCUT2D eigenvalue weighted by atomic mass is 10.2. The van der Waals surface area contributed by atoms with Gasteiger partial charge in [-0.05, 0) is 30.4 Å². The van der Waals surface area contributed by atoms with Crippen LogP contribution in [0.25, 0.3) is 0 Å². The molecule has 0 aliphatic heterocycles. The Balaban J connectivity index is 1.78. The van der Waals surface area contributed by atoms with Crippen LogP contribution in [0.1, 0.15) is 16.8 Å². The van der Waals surface area contributed by atoms with Gasteiger partial charge in [-0.2, -0.15) is 0 Å². The highest BCUT2D eigenvalue weighted by Crippen LogP contribution is 2.18. The normalized spacial score (nSPS) is 10.3. The quantitative estimate of drug-likeness (QED) is 0.363. The number of amides is 1. The van der Waals surface area contributed by atoms with Crippen molar-refractivity contribution < 1.29 is 14.1 Å². The van der Waals surface area contributed by atoms with Crippen molar-refractivity contribution in [2.75, 3.05) is 12.3 Å². The van der Waals surface area contributed by atoms with E-state index in [1.165, 1.54) is 0 Å². The summed E-state index contributed by atoms with van der Waals surface area (Å²) >= 11 is 1.68. The number of carbonyl (C=O) groups is 1. The number of benzene rings is 2. The van der Waals surface area contributed by atoms with E-state index in [0.717, 1.165) is 35.3 Å². The number of nitro groups is 1. The summed E-state index contributed by atoms with van der Waals surface area (Å²) in [7, 11) is 0. The highest BCUT2D eigenvalue weighted by atomic mass is 32.2. The van der Waals surface area contributed by atoms with E-state index in [1.807, 2.05) is 30.3 Å². The number of hydrogen-bond donors (Lipinski definition) is 1. The third kappa shape index (κ3) is 5.07. The number of nitrogens with zero attached hydrogens (tertiary/aromatic N) is 1. The zero-order valence-electron chi connectivity index (χ0n) is 12.2. The Bertz CT molecular complexity index is 695. The SMILES string of the molecule is O=C(NCCCSc1ccccc1)c1ccc([N+](=O)[O-])cc1F. The van der Waals surface area contributed by atoms with Crippen LogP contribution in [0.2, 0.25) is 0 Å². The van der Waals surface area contributed by atoms with Gasteiger partial charge >= 0.3 is 0 Å². The van der Waals surface area contributed by atoms with Gasteiger partial charge in [-0.15, -0.1) is 11.8 Å². The molecule has 0 fully saturated rings. The first-order valence-corrected chi connectivity index (χ1v) is 7.96. The molecule has 0 aromatic heterocycles. The topological polar surface area (TPSA) is 72.2 Å². The van der Waals surface area contributed by atoms with Gasteiger partial charge in [0.1, 0.15) is 5.82 Å². The predicted octanol–water partition coefficient (Wildman–Crippen LogP) is 3.65. The Labute approximate surface area is 137 Å². The van der Waals surface area contributed by atoms with E-state index in [9.17, 15) is 19.3 Å². The first-order chi connectivity index (χ1) is 11.1. The minimum atomic E-state index is -0.893. The molecule has 120 valence electrons. The number of halogens is 1. The highest BCUT2D eigenvalue weighted by molar-refractivity contribution is 7.99. The molecular weight excluding hydrogens is 319 g/mol. The summed E-state index contributed by atoms with van der Waals surface area (Å²) < 4.78 is 13.7. The summed E-state index contributed by atoms with van der Waals surface area (Å²) in [6.45, 7) is 0.412. The van der Waals surface area contributed by atoms with Crippen LogP contribution in [0.5, 0.6) is 0 Å². The molecule has 0 radical (unpaired) electrons. The minimum Gasteiger partial charge on any atom is -0.352 e. The van der Waals surface area contributed by atoms with Crippen molar-refractivity contribution in [2.24, 2.45) is 0 Å². The van der Waals surface area contributed by atoms with E-state index in [0.29, 0.717) is 6.54 Å². The van der Waals surface area contributed by atoms with Gasteiger partial charge in [0.25, 0.3) is 11.6 Å². The number of carbonyl (C=O) groups excluding carboxylic acids is 1. The molecule has 7 heteroatoms. The van der Waals surface area contributed by atoms with Crippen LogP contribution in [0, 0.1) is 15.9 Å². The molecule has 0 bridgehead atoms. The molecule has 0 aliphatic carbocycles. The molecule has 2 aromatic rings. The van der Waals surface area contributed by atoms with E-state index in [4.69, 9.17) is 0 Å². The molecule has 1 N–H and O–H groups in total. The number of nitrogens with one attached hydrogen (secondary N) is 1. The Morgan fingerprint density at radius 1 is 1.22 bits per heavy atom. The third-order valence-corrected chi connectivity index (χ3v) is 4.13. The fourth-order valence-electron chi connectivity index (χ4n) is 1.88. The monoisotopic (exact) mass is 334 g/mol. The molecule has 0 unspecified atom stereocenters. The van der Waals surface area contributed by atoms with Crippen molar-refractivity contribution in [3.63, 3.8) is 0 Å². The van der Waals surface area contributed by atoms with E-state index >= 15 is 0 Å². The second kappa shape index (κ2) is 8.28. The third-order valence-electron chi connectivity index (χ3n) is 3.03. The zero-order chi connectivity index (χ0) is 16.7. The highest BCUT2D eigenvalue weighted by Gasteiger charge is 2.15. The molecule has 0 atom stereocenters. The van der Waals surface area contributed by atoms with Gasteiger partial charge in [0.05, 0.1) is 16.6 Å².